The molecule has 0 heterocycles. The summed E-state index contributed by atoms with van der Waals surface area (Å²) in [6, 6.07) is 17.3. The highest BCUT2D eigenvalue weighted by Crippen LogP contribution is 2.33. The molecule has 23 heavy (non-hydrogen) atoms. The van der Waals surface area contributed by atoms with Gasteiger partial charge in [-0.2, -0.15) is 12.6 Å². The zero-order valence-corrected chi connectivity index (χ0v) is 15.3. The van der Waals surface area contributed by atoms with Gasteiger partial charge in [-0.05, 0) is 55.7 Å². The number of sulfone groups is 1. The molecule has 2 aromatic carbocycles. The second-order valence-electron chi connectivity index (χ2n) is 5.87. The second-order valence-corrected chi connectivity index (χ2v) is 9.98. The van der Waals surface area contributed by atoms with E-state index in [0.29, 0.717) is 11.3 Å². The van der Waals surface area contributed by atoms with Crippen molar-refractivity contribution in [3.8, 4) is 0 Å². The fraction of sp³-hybridized carbons (Fsp3) is 0.333. The maximum Gasteiger partial charge on any atom is 0.181 e. The number of benzene rings is 2. The molecule has 1 aliphatic carbocycles. The molecule has 0 aromatic heterocycles. The molecule has 122 valence electrons. The summed E-state index contributed by atoms with van der Waals surface area (Å²) in [6.45, 7) is 0. The van der Waals surface area contributed by atoms with Gasteiger partial charge < -0.3 is 0 Å². The first kappa shape index (κ1) is 16.9. The molecule has 0 radical (unpaired) electrons. The van der Waals surface area contributed by atoms with E-state index in [1.54, 1.807) is 23.9 Å². The van der Waals surface area contributed by atoms with E-state index < -0.39 is 9.84 Å². The quantitative estimate of drug-likeness (QED) is 0.787. The van der Waals surface area contributed by atoms with E-state index in [9.17, 15) is 8.42 Å². The molecule has 0 amide bonds. The molecule has 1 fully saturated rings. The maximum absolute atomic E-state index is 12.8. The van der Waals surface area contributed by atoms with Gasteiger partial charge in [0.2, 0.25) is 0 Å². The minimum Gasteiger partial charge on any atom is -0.223 e. The lowest BCUT2D eigenvalue weighted by atomic mass is 10.00. The van der Waals surface area contributed by atoms with Crippen molar-refractivity contribution in [2.75, 3.05) is 0 Å². The molecule has 0 saturated heterocycles. The largest absolute Gasteiger partial charge is 0.223 e. The van der Waals surface area contributed by atoms with Crippen LogP contribution in [0.15, 0.2) is 69.3 Å². The number of hydrogen-bond acceptors (Lipinski definition) is 4. The van der Waals surface area contributed by atoms with E-state index >= 15 is 0 Å². The number of thiol groups is 1. The predicted molar refractivity (Wildman–Crippen MR) is 99.2 cm³/mol. The number of rotatable bonds is 4. The first-order valence-corrected chi connectivity index (χ1v) is 10.7. The minimum absolute atomic E-state index is 0.205. The lowest BCUT2D eigenvalue weighted by molar-refractivity contribution is 0.493. The molecule has 3 rings (SSSR count). The highest BCUT2D eigenvalue weighted by atomic mass is 32.2. The van der Waals surface area contributed by atoms with Gasteiger partial charge in [-0.3, -0.25) is 0 Å². The Kier molecular flexibility index (Phi) is 5.39. The van der Waals surface area contributed by atoms with Crippen molar-refractivity contribution in [3.63, 3.8) is 0 Å². The first-order chi connectivity index (χ1) is 11.1. The summed E-state index contributed by atoms with van der Waals surface area (Å²) < 4.78 is 25.5. The molecule has 1 aliphatic rings. The Morgan fingerprint density at radius 2 is 1.57 bits per heavy atom. The van der Waals surface area contributed by atoms with E-state index in [4.69, 9.17) is 0 Å². The Labute approximate surface area is 148 Å². The van der Waals surface area contributed by atoms with Crippen LogP contribution in [-0.2, 0) is 9.84 Å². The van der Waals surface area contributed by atoms with Crippen LogP contribution in [0.2, 0.25) is 0 Å². The SMILES string of the molecule is O=S(=O)(c1ccc(Sc2ccccc2)cc1)[C@@H]1CCC[C@@H](S)C1. The van der Waals surface area contributed by atoms with Gasteiger partial charge in [-0.15, -0.1) is 0 Å². The summed E-state index contributed by atoms with van der Waals surface area (Å²) in [5.74, 6) is 0. The highest BCUT2D eigenvalue weighted by molar-refractivity contribution is 7.99. The Morgan fingerprint density at radius 1 is 0.913 bits per heavy atom. The summed E-state index contributed by atoms with van der Waals surface area (Å²) in [6.07, 6.45) is 3.37. The third kappa shape index (κ3) is 4.14. The molecule has 0 N–H and O–H groups in total. The third-order valence-corrected chi connectivity index (χ3v) is 7.89. The van der Waals surface area contributed by atoms with Gasteiger partial charge in [0.15, 0.2) is 9.84 Å². The van der Waals surface area contributed by atoms with Crippen LogP contribution in [0.4, 0.5) is 0 Å². The normalized spacial score (nSPS) is 22.0. The molecule has 2 atom stereocenters. The standard InChI is InChI=1S/C18H20O2S3/c19-23(20,18-8-4-5-14(21)13-18)17-11-9-16(10-12-17)22-15-6-2-1-3-7-15/h1-3,6-7,9-12,14,18,21H,4-5,8,13H2/t14-,18-/m1/s1. The van der Waals surface area contributed by atoms with Crippen molar-refractivity contribution in [1.29, 1.82) is 0 Å². The van der Waals surface area contributed by atoms with Crippen LogP contribution < -0.4 is 0 Å². The molecular weight excluding hydrogens is 344 g/mol. The molecule has 0 bridgehead atoms. The maximum atomic E-state index is 12.8. The van der Waals surface area contributed by atoms with Crippen LogP contribution in [0.5, 0.6) is 0 Å². The van der Waals surface area contributed by atoms with E-state index in [1.165, 1.54) is 0 Å². The second kappa shape index (κ2) is 7.32. The van der Waals surface area contributed by atoms with Gasteiger partial charge in [0, 0.05) is 15.0 Å². The molecule has 1 saturated carbocycles. The molecule has 5 heteroatoms. The summed E-state index contributed by atoms with van der Waals surface area (Å²) in [5.41, 5.74) is 0. The number of hydrogen-bond donors (Lipinski definition) is 1. The summed E-state index contributed by atoms with van der Waals surface area (Å²) in [4.78, 5) is 2.63. The first-order valence-electron chi connectivity index (χ1n) is 7.80. The van der Waals surface area contributed by atoms with Crippen LogP contribution in [-0.4, -0.2) is 18.9 Å². The zero-order chi connectivity index (χ0) is 16.3. The van der Waals surface area contributed by atoms with E-state index in [2.05, 4.69) is 12.6 Å². The van der Waals surface area contributed by atoms with Crippen molar-refractivity contribution in [3.05, 3.63) is 54.6 Å². The highest BCUT2D eigenvalue weighted by Gasteiger charge is 2.31. The monoisotopic (exact) mass is 364 g/mol. The van der Waals surface area contributed by atoms with Crippen molar-refractivity contribution >= 4 is 34.2 Å². The third-order valence-electron chi connectivity index (χ3n) is 4.17. The van der Waals surface area contributed by atoms with Gasteiger partial charge >= 0.3 is 0 Å². The lowest BCUT2D eigenvalue weighted by Gasteiger charge is -2.26. The van der Waals surface area contributed by atoms with Crippen molar-refractivity contribution in [2.24, 2.45) is 0 Å². The van der Waals surface area contributed by atoms with Crippen molar-refractivity contribution < 1.29 is 8.42 Å². The predicted octanol–water partition coefficient (Wildman–Crippen LogP) is 4.85. The van der Waals surface area contributed by atoms with Crippen molar-refractivity contribution in [2.45, 2.75) is 50.9 Å². The minimum atomic E-state index is -3.24. The van der Waals surface area contributed by atoms with Gasteiger partial charge in [0.25, 0.3) is 0 Å². The van der Waals surface area contributed by atoms with E-state index in [1.807, 2.05) is 42.5 Å². The Morgan fingerprint density at radius 3 is 2.22 bits per heavy atom. The Hall–Kier alpha value is -0.910. The fourth-order valence-corrected chi connectivity index (χ4v) is 6.20. The molecular formula is C18H20O2S3. The smallest absolute Gasteiger partial charge is 0.181 e. The van der Waals surface area contributed by atoms with E-state index in [0.717, 1.165) is 29.1 Å². The molecule has 2 aromatic rings. The van der Waals surface area contributed by atoms with Gasteiger partial charge in [0.05, 0.1) is 10.1 Å². The van der Waals surface area contributed by atoms with Gasteiger partial charge in [-0.25, -0.2) is 8.42 Å². The fourth-order valence-electron chi connectivity index (χ4n) is 2.92. The van der Waals surface area contributed by atoms with Crippen LogP contribution in [0, 0.1) is 0 Å². The van der Waals surface area contributed by atoms with Gasteiger partial charge in [0.1, 0.15) is 0 Å². The molecule has 0 aliphatic heterocycles. The average Bonchev–Trinajstić information content (AvgIpc) is 2.56. The zero-order valence-electron chi connectivity index (χ0n) is 12.8. The lowest BCUT2D eigenvalue weighted by Crippen LogP contribution is -2.28. The molecule has 2 nitrogen and oxygen atoms in total. The van der Waals surface area contributed by atoms with Gasteiger partial charge in [-0.1, -0.05) is 36.4 Å². The van der Waals surface area contributed by atoms with Crippen LogP contribution >= 0.6 is 24.4 Å². The summed E-state index contributed by atoms with van der Waals surface area (Å²) in [7, 11) is -3.24. The Balaban J connectivity index is 1.76. The van der Waals surface area contributed by atoms with Crippen LogP contribution in [0.25, 0.3) is 0 Å². The molecule has 0 unspecified atom stereocenters. The Bertz CT molecular complexity index is 740. The summed E-state index contributed by atoms with van der Waals surface area (Å²) >= 11 is 6.10. The summed E-state index contributed by atoms with van der Waals surface area (Å²) in [5, 5.41) is -0.0807. The van der Waals surface area contributed by atoms with Crippen LogP contribution in [0.3, 0.4) is 0 Å². The van der Waals surface area contributed by atoms with Crippen molar-refractivity contribution in [1.82, 2.24) is 0 Å². The van der Waals surface area contributed by atoms with Crippen LogP contribution in [0.1, 0.15) is 25.7 Å². The molecule has 0 spiro atoms. The van der Waals surface area contributed by atoms with E-state index in [-0.39, 0.29) is 10.5 Å². The average molecular weight is 365 g/mol. The topological polar surface area (TPSA) is 34.1 Å².